The molecule has 0 aliphatic carbocycles. The van der Waals surface area contributed by atoms with Crippen molar-refractivity contribution in [2.75, 3.05) is 5.32 Å². The Morgan fingerprint density at radius 1 is 1.10 bits per heavy atom. The molecule has 0 saturated carbocycles. The third kappa shape index (κ3) is 4.49. The summed E-state index contributed by atoms with van der Waals surface area (Å²) in [5.74, 6) is 0. The molecule has 2 aromatic rings. The van der Waals surface area contributed by atoms with E-state index in [9.17, 15) is 13.2 Å². The van der Waals surface area contributed by atoms with E-state index in [1.165, 1.54) is 6.07 Å². The monoisotopic (exact) mass is 357 g/mol. The van der Waals surface area contributed by atoms with Crippen LogP contribution in [-0.2, 0) is 12.6 Å². The highest BCUT2D eigenvalue weighted by atomic mass is 79.9. The lowest BCUT2D eigenvalue weighted by Gasteiger charge is -2.20. The predicted molar refractivity (Wildman–Crippen MR) is 82.4 cm³/mol. The van der Waals surface area contributed by atoms with Crippen molar-refractivity contribution in [3.63, 3.8) is 0 Å². The van der Waals surface area contributed by atoms with Gasteiger partial charge in [0, 0.05) is 16.2 Å². The summed E-state index contributed by atoms with van der Waals surface area (Å²) in [5.41, 5.74) is 0.536. The van der Waals surface area contributed by atoms with Gasteiger partial charge in [-0.3, -0.25) is 0 Å². The van der Waals surface area contributed by atoms with Crippen molar-refractivity contribution in [1.29, 1.82) is 0 Å². The van der Waals surface area contributed by atoms with Gasteiger partial charge in [0.1, 0.15) is 0 Å². The molecule has 0 aliphatic heterocycles. The summed E-state index contributed by atoms with van der Waals surface area (Å²) in [4.78, 5) is 0. The molecule has 5 heteroatoms. The molecule has 2 aromatic carbocycles. The summed E-state index contributed by atoms with van der Waals surface area (Å²) >= 11 is 3.08. The summed E-state index contributed by atoms with van der Waals surface area (Å²) < 4.78 is 39.5. The number of nitrogens with one attached hydrogen (secondary N) is 1. The van der Waals surface area contributed by atoms with Gasteiger partial charge in [0.2, 0.25) is 0 Å². The number of anilines is 1. The van der Waals surface area contributed by atoms with Gasteiger partial charge >= 0.3 is 6.18 Å². The molecular formula is C16H15BrF3N. The van der Waals surface area contributed by atoms with Crippen molar-refractivity contribution in [2.45, 2.75) is 25.6 Å². The van der Waals surface area contributed by atoms with Gasteiger partial charge in [-0.05, 0) is 37.1 Å². The molecule has 0 amide bonds. The minimum atomic E-state index is -4.38. The number of hydrogen-bond donors (Lipinski definition) is 1. The Bertz CT molecular complexity index is 596. The van der Waals surface area contributed by atoms with E-state index in [0.29, 0.717) is 10.9 Å². The van der Waals surface area contributed by atoms with Gasteiger partial charge in [-0.2, -0.15) is 13.2 Å². The zero-order chi connectivity index (χ0) is 15.5. The van der Waals surface area contributed by atoms with Crippen LogP contribution >= 0.6 is 15.9 Å². The molecule has 0 fully saturated rings. The third-order valence-electron chi connectivity index (χ3n) is 3.07. The van der Waals surface area contributed by atoms with Gasteiger partial charge in [-0.15, -0.1) is 0 Å². The highest BCUT2D eigenvalue weighted by Crippen LogP contribution is 2.36. The van der Waals surface area contributed by atoms with Crippen molar-refractivity contribution in [3.8, 4) is 0 Å². The second kappa shape index (κ2) is 6.52. The number of hydrogen-bond acceptors (Lipinski definition) is 1. The molecule has 1 atom stereocenters. The van der Waals surface area contributed by atoms with Crippen LogP contribution in [-0.4, -0.2) is 6.04 Å². The molecule has 1 unspecified atom stereocenters. The topological polar surface area (TPSA) is 12.0 Å². The van der Waals surface area contributed by atoms with E-state index >= 15 is 0 Å². The summed E-state index contributed by atoms with van der Waals surface area (Å²) in [7, 11) is 0. The Morgan fingerprint density at radius 2 is 1.76 bits per heavy atom. The van der Waals surface area contributed by atoms with Crippen molar-refractivity contribution in [3.05, 3.63) is 64.1 Å². The van der Waals surface area contributed by atoms with E-state index in [2.05, 4.69) is 21.2 Å². The Hall–Kier alpha value is -1.49. The molecule has 21 heavy (non-hydrogen) atoms. The van der Waals surface area contributed by atoms with Crippen molar-refractivity contribution in [2.24, 2.45) is 0 Å². The minimum Gasteiger partial charge on any atom is -0.382 e. The van der Waals surface area contributed by atoms with E-state index in [1.54, 1.807) is 6.07 Å². The van der Waals surface area contributed by atoms with E-state index in [1.807, 2.05) is 37.3 Å². The highest BCUT2D eigenvalue weighted by Gasteiger charge is 2.33. The van der Waals surface area contributed by atoms with Crippen molar-refractivity contribution < 1.29 is 13.2 Å². The Labute approximate surface area is 130 Å². The average Bonchev–Trinajstić information content (AvgIpc) is 2.40. The molecule has 0 heterocycles. The number of rotatable bonds is 4. The molecule has 2 rings (SSSR count). The second-order valence-electron chi connectivity index (χ2n) is 4.92. The van der Waals surface area contributed by atoms with Crippen molar-refractivity contribution in [1.82, 2.24) is 0 Å². The quantitative estimate of drug-likeness (QED) is 0.760. The van der Waals surface area contributed by atoms with E-state index in [0.717, 1.165) is 11.6 Å². The lowest BCUT2D eigenvalue weighted by molar-refractivity contribution is -0.137. The molecule has 0 aromatic heterocycles. The summed E-state index contributed by atoms with van der Waals surface area (Å²) in [5, 5.41) is 2.95. The molecule has 0 radical (unpaired) electrons. The van der Waals surface area contributed by atoms with Gasteiger partial charge in [0.05, 0.1) is 5.56 Å². The Kier molecular flexibility index (Phi) is 4.93. The fourth-order valence-corrected chi connectivity index (χ4v) is 2.52. The zero-order valence-corrected chi connectivity index (χ0v) is 13.0. The molecule has 1 nitrogen and oxygen atoms in total. The maximum Gasteiger partial charge on any atom is 0.418 e. The summed E-state index contributed by atoms with van der Waals surface area (Å²) in [6.07, 6.45) is -3.72. The van der Waals surface area contributed by atoms with E-state index in [4.69, 9.17) is 0 Å². The maximum absolute atomic E-state index is 13.0. The van der Waals surface area contributed by atoms with Gasteiger partial charge in [-0.1, -0.05) is 46.3 Å². The van der Waals surface area contributed by atoms with E-state index < -0.39 is 11.7 Å². The normalized spacial score (nSPS) is 13.0. The van der Waals surface area contributed by atoms with E-state index in [-0.39, 0.29) is 11.7 Å². The number of benzene rings is 2. The fourth-order valence-electron chi connectivity index (χ4n) is 2.16. The molecule has 0 spiro atoms. The summed E-state index contributed by atoms with van der Waals surface area (Å²) in [6, 6.07) is 13.7. The standard InChI is InChI=1S/C16H15BrF3N/c1-11(9-12-5-3-2-4-6-12)21-15-8-7-13(17)10-14(15)16(18,19)20/h2-8,10-11,21H,9H2,1H3. The largest absolute Gasteiger partial charge is 0.418 e. The van der Waals surface area contributed by atoms with Gasteiger partial charge < -0.3 is 5.32 Å². The van der Waals surface area contributed by atoms with Crippen LogP contribution in [0.4, 0.5) is 18.9 Å². The zero-order valence-electron chi connectivity index (χ0n) is 11.4. The maximum atomic E-state index is 13.0. The third-order valence-corrected chi connectivity index (χ3v) is 3.57. The molecular weight excluding hydrogens is 343 g/mol. The average molecular weight is 358 g/mol. The van der Waals surface area contributed by atoms with Crippen LogP contribution in [0.5, 0.6) is 0 Å². The van der Waals surface area contributed by atoms with Crippen molar-refractivity contribution >= 4 is 21.6 Å². The highest BCUT2D eigenvalue weighted by molar-refractivity contribution is 9.10. The van der Waals surface area contributed by atoms with Gasteiger partial charge in [0.15, 0.2) is 0 Å². The van der Waals surface area contributed by atoms with Crippen LogP contribution in [0.2, 0.25) is 0 Å². The SMILES string of the molecule is CC(Cc1ccccc1)Nc1ccc(Br)cc1C(F)(F)F. The van der Waals surface area contributed by atoms with Crippen LogP contribution < -0.4 is 5.32 Å². The molecule has 112 valence electrons. The van der Waals surface area contributed by atoms with Crippen LogP contribution in [0, 0.1) is 0 Å². The lowest BCUT2D eigenvalue weighted by atomic mass is 10.1. The minimum absolute atomic E-state index is 0.102. The predicted octanol–water partition coefficient (Wildman–Crippen LogP) is 5.51. The number of alkyl halides is 3. The first-order valence-electron chi connectivity index (χ1n) is 6.53. The molecule has 1 N–H and O–H groups in total. The fraction of sp³-hybridized carbons (Fsp3) is 0.250. The molecule has 0 saturated heterocycles. The van der Waals surface area contributed by atoms with Crippen LogP contribution in [0.15, 0.2) is 53.0 Å². The molecule has 0 bridgehead atoms. The first-order chi connectivity index (χ1) is 9.86. The first-order valence-corrected chi connectivity index (χ1v) is 7.33. The molecule has 0 aliphatic rings. The number of halogens is 4. The first kappa shape index (κ1) is 15.9. The van der Waals surface area contributed by atoms with Gasteiger partial charge in [-0.25, -0.2) is 0 Å². The lowest BCUT2D eigenvalue weighted by Crippen LogP contribution is -2.21. The van der Waals surface area contributed by atoms with Gasteiger partial charge in [0.25, 0.3) is 0 Å². The second-order valence-corrected chi connectivity index (χ2v) is 5.84. The van der Waals surface area contributed by atoms with Crippen LogP contribution in [0.25, 0.3) is 0 Å². The Balaban J connectivity index is 2.16. The summed E-state index contributed by atoms with van der Waals surface area (Å²) in [6.45, 7) is 1.87. The van der Waals surface area contributed by atoms with Crippen LogP contribution in [0.1, 0.15) is 18.1 Å². The smallest absolute Gasteiger partial charge is 0.382 e. The Morgan fingerprint density at radius 3 is 2.38 bits per heavy atom. The van der Waals surface area contributed by atoms with Crippen LogP contribution in [0.3, 0.4) is 0 Å².